The molecule has 25 heavy (non-hydrogen) atoms. The fraction of sp³-hybridized carbons (Fsp3) is 0.474. The molecule has 0 saturated carbocycles. The van der Waals surface area contributed by atoms with E-state index in [9.17, 15) is 9.59 Å². The van der Waals surface area contributed by atoms with Crippen molar-refractivity contribution in [1.82, 2.24) is 4.98 Å². The lowest BCUT2D eigenvalue weighted by molar-refractivity contribution is -0.117. The van der Waals surface area contributed by atoms with Gasteiger partial charge in [0, 0.05) is 34.7 Å². The Morgan fingerprint density at radius 3 is 2.72 bits per heavy atom. The van der Waals surface area contributed by atoms with E-state index in [1.54, 1.807) is 0 Å². The predicted molar refractivity (Wildman–Crippen MR) is 94.5 cm³/mol. The Morgan fingerprint density at radius 2 is 2.04 bits per heavy atom. The molecule has 6 nitrogen and oxygen atoms in total. The Bertz CT molecular complexity index is 863. The number of benzene rings is 1. The molecule has 6 heteroatoms. The number of aryl methyl sites for hydroxylation is 2. The zero-order valence-electron chi connectivity index (χ0n) is 14.2. The van der Waals surface area contributed by atoms with Gasteiger partial charge in [-0.2, -0.15) is 0 Å². The Labute approximate surface area is 145 Å². The lowest BCUT2D eigenvalue weighted by Gasteiger charge is -2.19. The fourth-order valence-corrected chi connectivity index (χ4v) is 4.42. The van der Waals surface area contributed by atoms with Gasteiger partial charge in [0.25, 0.3) is 0 Å². The van der Waals surface area contributed by atoms with E-state index in [4.69, 9.17) is 16.2 Å². The summed E-state index contributed by atoms with van der Waals surface area (Å²) < 4.78 is 5.52. The van der Waals surface area contributed by atoms with Gasteiger partial charge in [0.15, 0.2) is 0 Å². The molecule has 132 valence electrons. The summed E-state index contributed by atoms with van der Waals surface area (Å²) in [5, 5.41) is 1.02. The topological polar surface area (TPSA) is 111 Å². The standard InChI is InChI=1S/C19H23N3O3/c20-16(23)8-13-17(10-5-6-25-9-10)14(19(21)24)7-12-11-3-1-2-4-15(11)22-18(12)13/h7,10,22H,1-6,8-9H2,(H2,20,23)(H2,21,24)/t10-/m1/s1. The Kier molecular flexibility index (Phi) is 4.00. The van der Waals surface area contributed by atoms with Crippen molar-refractivity contribution in [2.45, 2.75) is 44.4 Å². The monoisotopic (exact) mass is 341 g/mol. The summed E-state index contributed by atoms with van der Waals surface area (Å²) in [6, 6.07) is 1.91. The van der Waals surface area contributed by atoms with E-state index in [0.29, 0.717) is 18.8 Å². The first-order valence-electron chi connectivity index (χ1n) is 8.91. The predicted octanol–water partition coefficient (Wildman–Crippen LogP) is 1.68. The van der Waals surface area contributed by atoms with Crippen LogP contribution in [0.4, 0.5) is 0 Å². The Morgan fingerprint density at radius 1 is 1.24 bits per heavy atom. The summed E-state index contributed by atoms with van der Waals surface area (Å²) in [7, 11) is 0. The molecule has 1 aromatic heterocycles. The Balaban J connectivity index is 2.03. The molecule has 1 aromatic carbocycles. The number of primary amides is 2. The van der Waals surface area contributed by atoms with Crippen LogP contribution in [0.25, 0.3) is 10.9 Å². The molecule has 2 heterocycles. The second kappa shape index (κ2) is 6.19. The number of fused-ring (bicyclic) bond motifs is 3. The molecular formula is C19H23N3O3. The van der Waals surface area contributed by atoms with E-state index in [0.717, 1.165) is 54.1 Å². The van der Waals surface area contributed by atoms with Gasteiger partial charge < -0.3 is 21.2 Å². The van der Waals surface area contributed by atoms with Crippen LogP contribution in [0.1, 0.15) is 57.9 Å². The summed E-state index contributed by atoms with van der Waals surface area (Å²) in [5.74, 6) is -0.794. The van der Waals surface area contributed by atoms with Crippen LogP contribution >= 0.6 is 0 Å². The summed E-state index contributed by atoms with van der Waals surface area (Å²) in [5.41, 5.74) is 16.8. The van der Waals surface area contributed by atoms with Crippen molar-refractivity contribution in [3.8, 4) is 0 Å². The van der Waals surface area contributed by atoms with E-state index < -0.39 is 11.8 Å². The van der Waals surface area contributed by atoms with Gasteiger partial charge in [-0.25, -0.2) is 0 Å². The second-order valence-electron chi connectivity index (χ2n) is 7.10. The van der Waals surface area contributed by atoms with Crippen molar-refractivity contribution in [1.29, 1.82) is 0 Å². The lowest BCUT2D eigenvalue weighted by Crippen LogP contribution is -2.21. The van der Waals surface area contributed by atoms with Gasteiger partial charge in [0.2, 0.25) is 11.8 Å². The molecule has 2 aliphatic rings. The zero-order chi connectivity index (χ0) is 17.6. The molecule has 5 N–H and O–H groups in total. The van der Waals surface area contributed by atoms with Gasteiger partial charge in [-0.3, -0.25) is 9.59 Å². The first kappa shape index (κ1) is 16.1. The van der Waals surface area contributed by atoms with Crippen LogP contribution < -0.4 is 11.5 Å². The molecule has 0 bridgehead atoms. The lowest BCUT2D eigenvalue weighted by atomic mass is 9.84. The number of carbonyl (C=O) groups excluding carboxylic acids is 2. The number of rotatable bonds is 4. The van der Waals surface area contributed by atoms with E-state index >= 15 is 0 Å². The number of amides is 2. The number of aromatic amines is 1. The molecule has 2 aromatic rings. The van der Waals surface area contributed by atoms with Crippen LogP contribution in [-0.2, 0) is 28.8 Å². The van der Waals surface area contributed by atoms with Gasteiger partial charge >= 0.3 is 0 Å². The number of nitrogens with one attached hydrogen (secondary N) is 1. The maximum absolute atomic E-state index is 12.2. The van der Waals surface area contributed by atoms with E-state index in [-0.39, 0.29) is 12.3 Å². The first-order chi connectivity index (χ1) is 12.1. The highest BCUT2D eigenvalue weighted by Crippen LogP contribution is 2.39. The number of aromatic nitrogens is 1. The third-order valence-electron chi connectivity index (χ3n) is 5.50. The van der Waals surface area contributed by atoms with Gasteiger partial charge in [-0.05, 0) is 54.9 Å². The number of H-pyrrole nitrogens is 1. The molecule has 1 aliphatic carbocycles. The summed E-state index contributed by atoms with van der Waals surface area (Å²) in [6.07, 6.45) is 5.18. The largest absolute Gasteiger partial charge is 0.381 e. The van der Waals surface area contributed by atoms with E-state index in [2.05, 4.69) is 4.98 Å². The summed E-state index contributed by atoms with van der Waals surface area (Å²) >= 11 is 0. The average Bonchev–Trinajstić information content (AvgIpc) is 3.21. The highest BCUT2D eigenvalue weighted by Gasteiger charge is 2.29. The molecular weight excluding hydrogens is 318 g/mol. The van der Waals surface area contributed by atoms with Crippen LogP contribution in [0.2, 0.25) is 0 Å². The second-order valence-corrected chi connectivity index (χ2v) is 7.10. The van der Waals surface area contributed by atoms with Crippen molar-refractivity contribution in [2.75, 3.05) is 13.2 Å². The maximum Gasteiger partial charge on any atom is 0.249 e. The van der Waals surface area contributed by atoms with Crippen molar-refractivity contribution in [3.05, 3.63) is 34.0 Å². The minimum Gasteiger partial charge on any atom is -0.381 e. The van der Waals surface area contributed by atoms with Crippen molar-refractivity contribution >= 4 is 22.7 Å². The average molecular weight is 341 g/mol. The minimum atomic E-state index is -0.458. The van der Waals surface area contributed by atoms with Gasteiger partial charge in [-0.15, -0.1) is 0 Å². The SMILES string of the molecule is NC(=O)Cc1c([C@@H]2CCOC2)c(C(N)=O)cc2c3c([nH]c12)CCCC3. The summed E-state index contributed by atoms with van der Waals surface area (Å²) in [4.78, 5) is 27.5. The van der Waals surface area contributed by atoms with Crippen LogP contribution in [0.5, 0.6) is 0 Å². The van der Waals surface area contributed by atoms with Crippen molar-refractivity contribution < 1.29 is 14.3 Å². The van der Waals surface area contributed by atoms with Gasteiger partial charge in [0.1, 0.15) is 0 Å². The minimum absolute atomic E-state index is 0.0709. The highest BCUT2D eigenvalue weighted by molar-refractivity contribution is 6.02. The van der Waals surface area contributed by atoms with Crippen LogP contribution in [-0.4, -0.2) is 30.0 Å². The molecule has 0 spiro atoms. The van der Waals surface area contributed by atoms with Gasteiger partial charge in [0.05, 0.1) is 13.0 Å². The fourth-order valence-electron chi connectivity index (χ4n) is 4.42. The molecule has 1 saturated heterocycles. The zero-order valence-corrected chi connectivity index (χ0v) is 14.2. The number of hydrogen-bond acceptors (Lipinski definition) is 3. The quantitative estimate of drug-likeness (QED) is 0.786. The smallest absolute Gasteiger partial charge is 0.249 e. The number of ether oxygens (including phenoxy) is 1. The third-order valence-corrected chi connectivity index (χ3v) is 5.50. The Hall–Kier alpha value is -2.34. The maximum atomic E-state index is 12.2. The van der Waals surface area contributed by atoms with Crippen LogP contribution in [0.15, 0.2) is 6.07 Å². The molecule has 4 rings (SSSR count). The molecule has 0 radical (unpaired) electrons. The number of hydrogen-bond donors (Lipinski definition) is 3. The van der Waals surface area contributed by atoms with Crippen LogP contribution in [0, 0.1) is 0 Å². The number of nitrogens with two attached hydrogens (primary N) is 2. The third kappa shape index (κ3) is 2.70. The normalized spacial score (nSPS) is 19.9. The van der Waals surface area contributed by atoms with Crippen LogP contribution in [0.3, 0.4) is 0 Å². The first-order valence-corrected chi connectivity index (χ1v) is 8.91. The van der Waals surface area contributed by atoms with E-state index in [1.807, 2.05) is 6.07 Å². The number of carbonyl (C=O) groups is 2. The molecule has 1 aliphatic heterocycles. The molecule has 0 unspecified atom stereocenters. The van der Waals surface area contributed by atoms with Crippen molar-refractivity contribution in [3.63, 3.8) is 0 Å². The van der Waals surface area contributed by atoms with Crippen molar-refractivity contribution in [2.24, 2.45) is 11.5 Å². The molecule has 1 atom stereocenters. The van der Waals surface area contributed by atoms with Gasteiger partial charge in [-0.1, -0.05) is 0 Å². The van der Waals surface area contributed by atoms with E-state index in [1.165, 1.54) is 11.3 Å². The molecule has 2 amide bonds. The summed E-state index contributed by atoms with van der Waals surface area (Å²) in [6.45, 7) is 1.19. The molecule has 1 fully saturated rings. The highest BCUT2D eigenvalue weighted by atomic mass is 16.5.